The number of nitrogens with zero attached hydrogens (tertiary/aromatic N) is 1. The molecule has 0 heterocycles. The fourth-order valence-electron chi connectivity index (χ4n) is 1.53. The lowest BCUT2D eigenvalue weighted by molar-refractivity contribution is -0.124. The summed E-state index contributed by atoms with van der Waals surface area (Å²) in [6.07, 6.45) is 0. The highest BCUT2D eigenvalue weighted by atomic mass is 35.5. The van der Waals surface area contributed by atoms with Crippen LogP contribution >= 0.6 is 11.6 Å². The van der Waals surface area contributed by atoms with E-state index in [4.69, 9.17) is 11.6 Å². The molecule has 0 aliphatic rings. The van der Waals surface area contributed by atoms with Crippen LogP contribution in [0.25, 0.3) is 5.57 Å². The van der Waals surface area contributed by atoms with Crippen LogP contribution in [0.2, 0.25) is 0 Å². The van der Waals surface area contributed by atoms with Crippen molar-refractivity contribution in [2.45, 2.75) is 13.8 Å². The molecular weight excluding hydrogens is 222 g/mol. The summed E-state index contributed by atoms with van der Waals surface area (Å²) >= 11 is 5.75. The summed E-state index contributed by atoms with van der Waals surface area (Å²) < 4.78 is 0. The minimum Gasteiger partial charge on any atom is -0.339 e. The molecule has 0 radical (unpaired) electrons. The van der Waals surface area contributed by atoms with Gasteiger partial charge in [-0.1, -0.05) is 41.9 Å². The highest BCUT2D eigenvalue weighted by molar-refractivity contribution is 6.35. The van der Waals surface area contributed by atoms with E-state index in [0.29, 0.717) is 18.7 Å². The molecule has 0 aliphatic heterocycles. The smallest absolute Gasteiger partial charge is 0.255 e. The summed E-state index contributed by atoms with van der Waals surface area (Å²) in [5.41, 5.74) is 2.76. The molecule has 0 fully saturated rings. The molecule has 0 aromatic heterocycles. The van der Waals surface area contributed by atoms with Gasteiger partial charge in [-0.15, -0.1) is 0 Å². The third kappa shape index (κ3) is 2.86. The van der Waals surface area contributed by atoms with Gasteiger partial charge >= 0.3 is 0 Å². The summed E-state index contributed by atoms with van der Waals surface area (Å²) in [7, 11) is 0. The minimum absolute atomic E-state index is 0.0220. The van der Waals surface area contributed by atoms with Crippen molar-refractivity contribution in [1.29, 1.82) is 0 Å². The fraction of sp³-hybridized carbons (Fsp3) is 0.308. The van der Waals surface area contributed by atoms with Crippen molar-refractivity contribution < 1.29 is 4.79 Å². The van der Waals surface area contributed by atoms with Gasteiger partial charge in [0.05, 0.1) is 5.57 Å². The first-order valence-electron chi connectivity index (χ1n) is 5.39. The lowest BCUT2D eigenvalue weighted by Gasteiger charge is -2.20. The van der Waals surface area contributed by atoms with E-state index >= 15 is 0 Å². The summed E-state index contributed by atoms with van der Waals surface area (Å²) in [4.78, 5) is 13.9. The van der Waals surface area contributed by atoms with Crippen LogP contribution in [0.3, 0.4) is 0 Å². The maximum absolute atomic E-state index is 12.1. The molecule has 0 N–H and O–H groups in total. The third-order valence-electron chi connectivity index (χ3n) is 2.47. The first-order valence-corrected chi connectivity index (χ1v) is 5.83. The van der Waals surface area contributed by atoms with E-state index in [9.17, 15) is 4.79 Å². The Kier molecular flexibility index (Phi) is 5.06. The second kappa shape index (κ2) is 6.33. The van der Waals surface area contributed by atoms with Crippen LogP contribution in [0.4, 0.5) is 0 Å². The first kappa shape index (κ1) is 12.8. The molecule has 0 saturated carbocycles. The van der Waals surface area contributed by atoms with Gasteiger partial charge in [0.15, 0.2) is 0 Å². The molecule has 2 nitrogen and oxygen atoms in total. The molecule has 1 aromatic rings. The predicted octanol–water partition coefficient (Wildman–Crippen LogP) is 3.13. The van der Waals surface area contributed by atoms with Crippen LogP contribution in [-0.4, -0.2) is 23.9 Å². The highest BCUT2D eigenvalue weighted by Crippen LogP contribution is 2.17. The van der Waals surface area contributed by atoms with E-state index < -0.39 is 0 Å². The summed E-state index contributed by atoms with van der Waals surface area (Å²) in [5, 5.41) is 0. The number of benzene rings is 1. The Balaban J connectivity index is 2.97. The molecule has 3 heteroatoms. The number of likely N-dealkylation sites (N-methyl/N-ethyl adjacent to an activating group) is 1. The van der Waals surface area contributed by atoms with E-state index in [-0.39, 0.29) is 5.91 Å². The van der Waals surface area contributed by atoms with Crippen LogP contribution in [0.15, 0.2) is 35.9 Å². The van der Waals surface area contributed by atoms with Gasteiger partial charge in [-0.25, -0.2) is 0 Å². The molecule has 0 bridgehead atoms. The second-order valence-corrected chi connectivity index (χ2v) is 3.58. The van der Waals surface area contributed by atoms with Gasteiger partial charge in [0, 0.05) is 18.6 Å². The Morgan fingerprint density at radius 3 is 2.25 bits per heavy atom. The summed E-state index contributed by atoms with van der Waals surface area (Å²) in [6.45, 7) is 5.29. The zero-order valence-electron chi connectivity index (χ0n) is 9.61. The number of amides is 1. The van der Waals surface area contributed by atoms with Crippen LogP contribution in [-0.2, 0) is 4.79 Å². The number of carbonyl (C=O) groups is 1. The van der Waals surface area contributed by atoms with E-state index in [1.807, 2.05) is 44.2 Å². The quantitative estimate of drug-likeness (QED) is 0.737. The topological polar surface area (TPSA) is 20.3 Å². The third-order valence-corrected chi connectivity index (χ3v) is 2.69. The molecule has 1 aromatic carbocycles. The Morgan fingerprint density at radius 1 is 1.25 bits per heavy atom. The highest BCUT2D eigenvalue weighted by Gasteiger charge is 2.16. The first-order chi connectivity index (χ1) is 7.74. The zero-order valence-corrected chi connectivity index (χ0v) is 10.4. The molecule has 0 spiro atoms. The zero-order chi connectivity index (χ0) is 12.0. The number of halogens is 1. The number of rotatable bonds is 4. The van der Waals surface area contributed by atoms with Gasteiger partial charge in [-0.2, -0.15) is 0 Å². The number of hydrogen-bond donors (Lipinski definition) is 0. The molecule has 86 valence electrons. The molecule has 0 atom stereocenters. The Morgan fingerprint density at radius 2 is 1.81 bits per heavy atom. The Bertz CT molecular complexity index is 369. The standard InChI is InChI=1S/C13H16ClNO/c1-3-15(4-2)13(16)12(10-14)11-8-6-5-7-9-11/h5-10H,3-4H2,1-2H3. The van der Waals surface area contributed by atoms with Crippen LogP contribution in [0, 0.1) is 0 Å². The average Bonchev–Trinajstić information content (AvgIpc) is 2.33. The minimum atomic E-state index is -0.0220. The lowest BCUT2D eigenvalue weighted by Crippen LogP contribution is -2.31. The van der Waals surface area contributed by atoms with E-state index in [2.05, 4.69) is 0 Å². The molecular formula is C13H16ClNO. The average molecular weight is 238 g/mol. The van der Waals surface area contributed by atoms with E-state index in [1.54, 1.807) is 4.90 Å². The SMILES string of the molecule is CCN(CC)C(=O)C(=CCl)c1ccccc1. The van der Waals surface area contributed by atoms with Gasteiger partial charge in [-0.05, 0) is 19.4 Å². The molecule has 1 amide bonds. The molecule has 1 rings (SSSR count). The molecule has 0 saturated heterocycles. The van der Waals surface area contributed by atoms with Crippen molar-refractivity contribution in [2.75, 3.05) is 13.1 Å². The van der Waals surface area contributed by atoms with Crippen molar-refractivity contribution in [1.82, 2.24) is 4.90 Å². The lowest BCUT2D eigenvalue weighted by atomic mass is 10.1. The number of hydrogen-bond acceptors (Lipinski definition) is 1. The van der Waals surface area contributed by atoms with Gasteiger partial charge in [0.1, 0.15) is 0 Å². The molecule has 0 unspecified atom stereocenters. The largest absolute Gasteiger partial charge is 0.339 e. The van der Waals surface area contributed by atoms with Crippen LogP contribution in [0.5, 0.6) is 0 Å². The van der Waals surface area contributed by atoms with Gasteiger partial charge < -0.3 is 4.90 Å². The van der Waals surface area contributed by atoms with E-state index in [1.165, 1.54) is 5.54 Å². The molecule has 0 aliphatic carbocycles. The fourth-order valence-corrected chi connectivity index (χ4v) is 1.75. The van der Waals surface area contributed by atoms with Crippen LogP contribution in [0.1, 0.15) is 19.4 Å². The Hall–Kier alpha value is -1.28. The van der Waals surface area contributed by atoms with Crippen molar-refractivity contribution in [2.24, 2.45) is 0 Å². The maximum atomic E-state index is 12.1. The van der Waals surface area contributed by atoms with Crippen molar-refractivity contribution >= 4 is 23.1 Å². The summed E-state index contributed by atoms with van der Waals surface area (Å²) in [6, 6.07) is 9.47. The summed E-state index contributed by atoms with van der Waals surface area (Å²) in [5.74, 6) is -0.0220. The van der Waals surface area contributed by atoms with Crippen molar-refractivity contribution in [3.05, 3.63) is 41.4 Å². The normalized spacial score (nSPS) is 11.3. The van der Waals surface area contributed by atoms with Crippen molar-refractivity contribution in [3.8, 4) is 0 Å². The van der Waals surface area contributed by atoms with E-state index in [0.717, 1.165) is 5.56 Å². The van der Waals surface area contributed by atoms with Crippen LogP contribution < -0.4 is 0 Å². The second-order valence-electron chi connectivity index (χ2n) is 3.37. The van der Waals surface area contributed by atoms with Crippen molar-refractivity contribution in [3.63, 3.8) is 0 Å². The molecule has 16 heavy (non-hydrogen) atoms. The van der Waals surface area contributed by atoms with Gasteiger partial charge in [-0.3, -0.25) is 4.79 Å². The Labute approximate surface area is 102 Å². The monoisotopic (exact) mass is 237 g/mol. The predicted molar refractivity (Wildman–Crippen MR) is 68.2 cm³/mol. The number of carbonyl (C=O) groups excluding carboxylic acids is 1. The van der Waals surface area contributed by atoms with Gasteiger partial charge in [0.2, 0.25) is 0 Å². The maximum Gasteiger partial charge on any atom is 0.255 e. The van der Waals surface area contributed by atoms with Gasteiger partial charge in [0.25, 0.3) is 5.91 Å².